The van der Waals surface area contributed by atoms with Crippen LogP contribution < -0.4 is 9.47 Å². The molecule has 11 heteroatoms. The molecule has 0 aliphatic carbocycles. The number of thiophene rings is 1. The number of rotatable bonds is 6. The lowest BCUT2D eigenvalue weighted by Crippen LogP contribution is -2.04. The van der Waals surface area contributed by atoms with Gasteiger partial charge in [-0.25, -0.2) is 19.3 Å². The molecule has 0 aliphatic rings. The van der Waals surface area contributed by atoms with Gasteiger partial charge in [0.1, 0.15) is 16.0 Å². The third-order valence-electron chi connectivity index (χ3n) is 4.36. The molecule has 0 aliphatic heterocycles. The number of hydrogen-bond donors (Lipinski definition) is 0. The van der Waals surface area contributed by atoms with E-state index in [1.54, 1.807) is 26.0 Å². The summed E-state index contributed by atoms with van der Waals surface area (Å²) in [6.45, 7) is 0.845. The first-order valence-corrected chi connectivity index (χ1v) is 9.69. The predicted molar refractivity (Wildman–Crippen MR) is 105 cm³/mol. The van der Waals surface area contributed by atoms with Crippen molar-refractivity contribution in [1.29, 1.82) is 0 Å². The van der Waals surface area contributed by atoms with Crippen LogP contribution in [0.3, 0.4) is 0 Å². The molecule has 4 aromatic rings. The third-order valence-corrected chi connectivity index (χ3v) is 5.54. The van der Waals surface area contributed by atoms with E-state index in [1.807, 2.05) is 0 Å². The topological polar surface area (TPSA) is 87.8 Å². The lowest BCUT2D eigenvalue weighted by atomic mass is 10.2. The number of fused-ring (bicyclic) bond motifs is 3. The predicted octanol–water partition coefficient (Wildman–Crippen LogP) is 4.10. The summed E-state index contributed by atoms with van der Waals surface area (Å²) in [5, 5.41) is 5.13. The number of hydrogen-bond acceptors (Lipinski definition) is 8. The zero-order valence-corrected chi connectivity index (χ0v) is 17.0. The first-order valence-electron chi connectivity index (χ1n) is 8.87. The molecule has 0 saturated heterocycles. The van der Waals surface area contributed by atoms with Crippen LogP contribution in [-0.4, -0.2) is 45.9 Å². The molecule has 156 valence electrons. The zero-order valence-electron chi connectivity index (χ0n) is 16.2. The van der Waals surface area contributed by atoms with Crippen molar-refractivity contribution in [3.05, 3.63) is 35.0 Å². The van der Waals surface area contributed by atoms with Crippen LogP contribution in [0.15, 0.2) is 24.5 Å². The first kappa shape index (κ1) is 20.0. The number of esters is 1. The van der Waals surface area contributed by atoms with E-state index in [0.717, 1.165) is 0 Å². The highest BCUT2D eigenvalue weighted by Gasteiger charge is 2.21. The highest BCUT2D eigenvalue weighted by atomic mass is 32.1. The lowest BCUT2D eigenvalue weighted by molar-refractivity contribution is -0.0514. The molecule has 3 aromatic heterocycles. The molecule has 0 spiro atoms. The van der Waals surface area contributed by atoms with Gasteiger partial charge in [0.2, 0.25) is 0 Å². The number of carbonyl (C=O) groups is 1. The van der Waals surface area contributed by atoms with E-state index in [4.69, 9.17) is 9.47 Å². The van der Waals surface area contributed by atoms with Gasteiger partial charge in [-0.1, -0.05) is 0 Å². The molecule has 0 atom stereocenters. The number of alkyl halides is 2. The summed E-state index contributed by atoms with van der Waals surface area (Å²) >= 11 is 1.22. The minimum absolute atomic E-state index is 0.0696. The van der Waals surface area contributed by atoms with E-state index in [9.17, 15) is 13.6 Å². The van der Waals surface area contributed by atoms with Crippen LogP contribution in [0.25, 0.3) is 27.3 Å². The molecular formula is C19H16F2N4O4S. The van der Waals surface area contributed by atoms with Crippen LogP contribution in [0.5, 0.6) is 11.5 Å². The highest BCUT2D eigenvalue weighted by Crippen LogP contribution is 2.35. The van der Waals surface area contributed by atoms with Gasteiger partial charge in [-0.2, -0.15) is 8.78 Å². The second-order valence-corrected chi connectivity index (χ2v) is 7.15. The summed E-state index contributed by atoms with van der Waals surface area (Å²) in [5.41, 5.74) is 1.78. The number of aromatic nitrogens is 4. The summed E-state index contributed by atoms with van der Waals surface area (Å²) < 4.78 is 41.5. The van der Waals surface area contributed by atoms with E-state index >= 15 is 0 Å². The second-order valence-electron chi connectivity index (χ2n) is 6.15. The SMILES string of the molecule is CCOc1cc(-c2nc3c4c(C)c(C(=O)OC)sc4ncn3n2)ccc1OC(F)F. The van der Waals surface area contributed by atoms with Gasteiger partial charge in [0.15, 0.2) is 23.0 Å². The van der Waals surface area contributed by atoms with Crippen molar-refractivity contribution in [2.45, 2.75) is 20.5 Å². The Kier molecular flexibility index (Phi) is 5.20. The van der Waals surface area contributed by atoms with Crippen LogP contribution in [0.4, 0.5) is 8.78 Å². The van der Waals surface area contributed by atoms with Crippen molar-refractivity contribution in [3.63, 3.8) is 0 Å². The fourth-order valence-corrected chi connectivity index (χ4v) is 4.11. The summed E-state index contributed by atoms with van der Waals surface area (Å²) in [6, 6.07) is 4.50. The third kappa shape index (κ3) is 3.41. The average Bonchev–Trinajstić information content (AvgIpc) is 3.29. The number of benzene rings is 1. The minimum atomic E-state index is -2.96. The Hall–Kier alpha value is -3.34. The quantitative estimate of drug-likeness (QED) is 0.422. The number of ether oxygens (including phenoxy) is 3. The fraction of sp³-hybridized carbons (Fsp3) is 0.263. The molecule has 0 bridgehead atoms. The molecule has 30 heavy (non-hydrogen) atoms. The number of methoxy groups -OCH3 is 1. The van der Waals surface area contributed by atoms with E-state index in [1.165, 1.54) is 35.4 Å². The van der Waals surface area contributed by atoms with Gasteiger partial charge < -0.3 is 14.2 Å². The van der Waals surface area contributed by atoms with Gasteiger partial charge in [0, 0.05) is 5.56 Å². The zero-order chi connectivity index (χ0) is 21.4. The number of halogens is 2. The van der Waals surface area contributed by atoms with Gasteiger partial charge in [-0.15, -0.1) is 16.4 Å². The largest absolute Gasteiger partial charge is 0.490 e. The standard InChI is InChI=1S/C19H16F2N4O4S/c1-4-28-12-7-10(5-6-11(12)29-19(20)21)15-23-16-13-9(2)14(18(26)27-3)30-17(13)22-8-25(16)24-15/h5-8,19H,4H2,1-3H3. The van der Waals surface area contributed by atoms with Gasteiger partial charge in [-0.3, -0.25) is 0 Å². The second kappa shape index (κ2) is 7.82. The maximum absolute atomic E-state index is 12.6. The van der Waals surface area contributed by atoms with Crippen molar-refractivity contribution in [2.24, 2.45) is 0 Å². The first-order chi connectivity index (χ1) is 14.4. The Balaban J connectivity index is 1.84. The van der Waals surface area contributed by atoms with Crippen LogP contribution in [-0.2, 0) is 4.74 Å². The van der Waals surface area contributed by atoms with Crippen LogP contribution >= 0.6 is 11.3 Å². The van der Waals surface area contributed by atoms with E-state index < -0.39 is 12.6 Å². The van der Waals surface area contributed by atoms with Gasteiger partial charge in [-0.05, 0) is 37.6 Å². The summed E-state index contributed by atoms with van der Waals surface area (Å²) in [5.74, 6) is 0.000344. The average molecular weight is 434 g/mol. The van der Waals surface area contributed by atoms with Gasteiger partial charge >= 0.3 is 12.6 Å². The lowest BCUT2D eigenvalue weighted by Gasteiger charge is -2.11. The van der Waals surface area contributed by atoms with Gasteiger partial charge in [0.05, 0.1) is 19.1 Å². The molecule has 4 rings (SSSR count). The monoisotopic (exact) mass is 434 g/mol. The Morgan fingerprint density at radius 2 is 2.10 bits per heavy atom. The Bertz CT molecular complexity index is 1250. The molecule has 0 amide bonds. The van der Waals surface area contributed by atoms with E-state index in [0.29, 0.717) is 37.7 Å². The molecule has 0 saturated carbocycles. The molecule has 0 fully saturated rings. The van der Waals surface area contributed by atoms with Crippen LogP contribution in [0, 0.1) is 6.92 Å². The van der Waals surface area contributed by atoms with E-state index in [2.05, 4.69) is 19.8 Å². The maximum atomic E-state index is 12.6. The normalized spacial score (nSPS) is 11.4. The minimum Gasteiger partial charge on any atom is -0.490 e. The molecule has 0 radical (unpaired) electrons. The fourth-order valence-electron chi connectivity index (χ4n) is 3.05. The smallest absolute Gasteiger partial charge is 0.387 e. The molecule has 0 N–H and O–H groups in total. The Morgan fingerprint density at radius 3 is 2.80 bits per heavy atom. The van der Waals surface area contributed by atoms with Gasteiger partial charge in [0.25, 0.3) is 0 Å². The molecule has 0 unspecified atom stereocenters. The molecule has 1 aromatic carbocycles. The van der Waals surface area contributed by atoms with Crippen molar-refractivity contribution in [2.75, 3.05) is 13.7 Å². The Morgan fingerprint density at radius 1 is 1.30 bits per heavy atom. The number of carbonyl (C=O) groups excluding carboxylic acids is 1. The summed E-state index contributed by atoms with van der Waals surface area (Å²) in [4.78, 5) is 22.0. The van der Waals surface area contributed by atoms with Crippen LogP contribution in [0.2, 0.25) is 0 Å². The molecule has 3 heterocycles. The molecule has 8 nitrogen and oxygen atoms in total. The summed E-state index contributed by atoms with van der Waals surface area (Å²) in [7, 11) is 1.32. The van der Waals surface area contributed by atoms with E-state index in [-0.39, 0.29) is 18.1 Å². The molecular weight excluding hydrogens is 418 g/mol. The van der Waals surface area contributed by atoms with Crippen molar-refractivity contribution in [3.8, 4) is 22.9 Å². The Labute approximate surface area is 173 Å². The van der Waals surface area contributed by atoms with Crippen molar-refractivity contribution in [1.82, 2.24) is 19.6 Å². The van der Waals surface area contributed by atoms with Crippen molar-refractivity contribution < 1.29 is 27.8 Å². The highest BCUT2D eigenvalue weighted by molar-refractivity contribution is 7.20. The van der Waals surface area contributed by atoms with Crippen molar-refractivity contribution >= 4 is 33.2 Å². The number of aryl methyl sites for hydroxylation is 1. The summed E-state index contributed by atoms with van der Waals surface area (Å²) in [6.07, 6.45) is 1.50. The van der Waals surface area contributed by atoms with Crippen LogP contribution in [0.1, 0.15) is 22.2 Å². The number of nitrogens with zero attached hydrogens (tertiary/aromatic N) is 4. The maximum Gasteiger partial charge on any atom is 0.387 e.